The third-order valence-electron chi connectivity index (χ3n) is 8.09. The van der Waals surface area contributed by atoms with Gasteiger partial charge in [-0.3, -0.25) is 0 Å². The van der Waals surface area contributed by atoms with Crippen LogP contribution < -0.4 is 0 Å². The fraction of sp³-hybridized carbons (Fsp3) is 0.0833. The first-order valence-corrected chi connectivity index (χ1v) is 12.8. The lowest BCUT2D eigenvalue weighted by Gasteiger charge is -2.23. The Morgan fingerprint density at radius 3 is 1.57 bits per heavy atom. The van der Waals surface area contributed by atoms with Gasteiger partial charge in [0, 0.05) is 5.41 Å². The third-order valence-corrected chi connectivity index (χ3v) is 8.09. The third kappa shape index (κ3) is 3.09. The number of fused-ring (bicyclic) bond motifs is 5. The van der Waals surface area contributed by atoms with Gasteiger partial charge in [-0.15, -0.1) is 0 Å². The van der Waals surface area contributed by atoms with Gasteiger partial charge in [-0.25, -0.2) is 0 Å². The van der Waals surface area contributed by atoms with Gasteiger partial charge in [-0.05, 0) is 84.3 Å². The zero-order valence-electron chi connectivity index (χ0n) is 20.9. The molecule has 0 spiro atoms. The molecule has 1 aliphatic carbocycles. The molecule has 0 aliphatic heterocycles. The molecule has 0 saturated carbocycles. The molecule has 0 unspecified atom stereocenters. The molecule has 0 amide bonds. The maximum Gasteiger partial charge on any atom is 0.0991 e. The largest absolute Gasteiger partial charge is 0.192 e. The first-order valence-electron chi connectivity index (χ1n) is 12.8. The number of hydrogen-bond donors (Lipinski definition) is 0. The molecule has 0 radical (unpaired) electrons. The van der Waals surface area contributed by atoms with Crippen molar-refractivity contribution in [3.63, 3.8) is 0 Å². The highest BCUT2D eigenvalue weighted by Gasteiger charge is 2.36. The summed E-state index contributed by atoms with van der Waals surface area (Å²) in [6, 6.07) is 43.7. The molecule has 1 heteroatoms. The monoisotopic (exact) mass is 471 g/mol. The van der Waals surface area contributed by atoms with Crippen LogP contribution in [0.2, 0.25) is 0 Å². The summed E-state index contributed by atoms with van der Waals surface area (Å²) in [6.45, 7) is 4.55. The van der Waals surface area contributed by atoms with Crippen LogP contribution in [0.4, 0.5) is 0 Å². The van der Waals surface area contributed by atoms with Crippen molar-refractivity contribution >= 4 is 21.5 Å². The number of rotatable bonds is 2. The zero-order valence-corrected chi connectivity index (χ0v) is 20.9. The van der Waals surface area contributed by atoms with Crippen molar-refractivity contribution in [1.29, 1.82) is 5.26 Å². The van der Waals surface area contributed by atoms with Gasteiger partial charge in [0.1, 0.15) is 0 Å². The van der Waals surface area contributed by atoms with E-state index in [-0.39, 0.29) is 5.41 Å². The predicted octanol–water partition coefficient (Wildman–Crippen LogP) is 9.50. The van der Waals surface area contributed by atoms with Crippen LogP contribution in [0.25, 0.3) is 54.9 Å². The number of benzene rings is 6. The van der Waals surface area contributed by atoms with Gasteiger partial charge in [0.05, 0.1) is 11.6 Å². The normalized spacial score (nSPS) is 13.3. The van der Waals surface area contributed by atoms with E-state index in [9.17, 15) is 5.26 Å². The predicted molar refractivity (Wildman–Crippen MR) is 155 cm³/mol. The molecule has 0 heterocycles. The highest BCUT2D eigenvalue weighted by atomic mass is 14.4. The summed E-state index contributed by atoms with van der Waals surface area (Å²) in [5.74, 6) is 0. The van der Waals surface area contributed by atoms with Crippen molar-refractivity contribution in [1.82, 2.24) is 0 Å². The van der Waals surface area contributed by atoms with E-state index in [1.807, 2.05) is 6.07 Å². The van der Waals surface area contributed by atoms with Gasteiger partial charge >= 0.3 is 0 Å². The summed E-state index contributed by atoms with van der Waals surface area (Å²) in [7, 11) is 0. The van der Waals surface area contributed by atoms with Crippen molar-refractivity contribution in [2.75, 3.05) is 0 Å². The Kier molecular flexibility index (Phi) is 4.62. The molecule has 0 fully saturated rings. The Morgan fingerprint density at radius 2 is 1.00 bits per heavy atom. The summed E-state index contributed by atoms with van der Waals surface area (Å²) < 4.78 is 0. The fourth-order valence-electron chi connectivity index (χ4n) is 6.32. The van der Waals surface area contributed by atoms with E-state index in [4.69, 9.17) is 0 Å². The Labute approximate surface area is 217 Å². The zero-order chi connectivity index (χ0) is 25.1. The summed E-state index contributed by atoms with van der Waals surface area (Å²) in [6.07, 6.45) is 0. The lowest BCUT2D eigenvalue weighted by atomic mass is 9.80. The van der Waals surface area contributed by atoms with E-state index in [1.54, 1.807) is 0 Å². The lowest BCUT2D eigenvalue weighted by Crippen LogP contribution is -2.15. The fourth-order valence-corrected chi connectivity index (χ4v) is 6.32. The highest BCUT2D eigenvalue weighted by molar-refractivity contribution is 6.21. The molecule has 0 aromatic heterocycles. The van der Waals surface area contributed by atoms with Crippen LogP contribution >= 0.6 is 0 Å². The van der Waals surface area contributed by atoms with Crippen LogP contribution in [-0.2, 0) is 5.41 Å². The maximum atomic E-state index is 9.50. The molecule has 37 heavy (non-hydrogen) atoms. The average molecular weight is 472 g/mol. The SMILES string of the molecule is CC1(C)c2cc(C#N)ccc2-c2ccc(-c3c4ccccc4c(-c4ccccc4)c4ccccc34)cc21. The number of nitrogens with zero attached hydrogens (tertiary/aromatic N) is 1. The van der Waals surface area contributed by atoms with Crippen molar-refractivity contribution in [2.45, 2.75) is 19.3 Å². The van der Waals surface area contributed by atoms with Crippen molar-refractivity contribution in [3.8, 4) is 39.4 Å². The highest BCUT2D eigenvalue weighted by Crippen LogP contribution is 2.51. The molecule has 0 atom stereocenters. The molecule has 0 saturated heterocycles. The molecular formula is C36H25N. The second-order valence-corrected chi connectivity index (χ2v) is 10.5. The van der Waals surface area contributed by atoms with Crippen LogP contribution in [0, 0.1) is 11.3 Å². The van der Waals surface area contributed by atoms with E-state index in [0.717, 1.165) is 0 Å². The Hall–Kier alpha value is -4.67. The average Bonchev–Trinajstić information content (AvgIpc) is 3.17. The molecule has 6 aromatic rings. The molecule has 6 aromatic carbocycles. The van der Waals surface area contributed by atoms with E-state index in [2.05, 4.69) is 129 Å². The van der Waals surface area contributed by atoms with Crippen LogP contribution in [0.5, 0.6) is 0 Å². The van der Waals surface area contributed by atoms with Crippen LogP contribution in [0.15, 0.2) is 115 Å². The summed E-state index contributed by atoms with van der Waals surface area (Å²) in [5, 5.41) is 14.6. The van der Waals surface area contributed by atoms with Gasteiger partial charge in [-0.2, -0.15) is 5.26 Å². The van der Waals surface area contributed by atoms with Gasteiger partial charge in [0.2, 0.25) is 0 Å². The smallest absolute Gasteiger partial charge is 0.0991 e. The van der Waals surface area contributed by atoms with E-state index in [1.165, 1.54) is 66.1 Å². The topological polar surface area (TPSA) is 23.8 Å². The van der Waals surface area contributed by atoms with Crippen molar-refractivity contribution in [2.24, 2.45) is 0 Å². The summed E-state index contributed by atoms with van der Waals surface area (Å²) in [5.41, 5.74) is 10.6. The number of hydrogen-bond acceptors (Lipinski definition) is 1. The van der Waals surface area contributed by atoms with E-state index < -0.39 is 0 Å². The Bertz CT molecular complexity index is 1850. The van der Waals surface area contributed by atoms with Crippen LogP contribution in [-0.4, -0.2) is 0 Å². The standard InChI is InChI=1S/C36H25N/c1-36(2)32-20-23(22-37)16-18-26(32)27-19-17-25(21-33(27)36)35-30-14-8-6-12-28(30)34(24-10-4-3-5-11-24)29-13-7-9-15-31(29)35/h3-21H,1-2H3. The first-order chi connectivity index (χ1) is 18.1. The molecule has 1 aliphatic rings. The Morgan fingerprint density at radius 1 is 0.514 bits per heavy atom. The second-order valence-electron chi connectivity index (χ2n) is 10.5. The van der Waals surface area contributed by atoms with Crippen molar-refractivity contribution in [3.05, 3.63) is 132 Å². The van der Waals surface area contributed by atoms with Gasteiger partial charge in [0.25, 0.3) is 0 Å². The summed E-state index contributed by atoms with van der Waals surface area (Å²) in [4.78, 5) is 0. The molecule has 0 bridgehead atoms. The maximum absolute atomic E-state index is 9.50. The van der Waals surface area contributed by atoms with Crippen LogP contribution in [0.1, 0.15) is 30.5 Å². The first kappa shape index (κ1) is 21.6. The van der Waals surface area contributed by atoms with Crippen LogP contribution in [0.3, 0.4) is 0 Å². The Balaban J connectivity index is 1.54. The van der Waals surface area contributed by atoms with Crippen molar-refractivity contribution < 1.29 is 0 Å². The van der Waals surface area contributed by atoms with E-state index >= 15 is 0 Å². The minimum atomic E-state index is -0.177. The van der Waals surface area contributed by atoms with Gasteiger partial charge in [-0.1, -0.05) is 111 Å². The molecular weight excluding hydrogens is 446 g/mol. The minimum Gasteiger partial charge on any atom is -0.192 e. The lowest BCUT2D eigenvalue weighted by molar-refractivity contribution is 0.660. The minimum absolute atomic E-state index is 0.177. The second kappa shape index (κ2) is 7.92. The van der Waals surface area contributed by atoms with Gasteiger partial charge < -0.3 is 0 Å². The van der Waals surface area contributed by atoms with E-state index in [0.29, 0.717) is 5.56 Å². The quantitative estimate of drug-likeness (QED) is 0.231. The molecule has 174 valence electrons. The van der Waals surface area contributed by atoms with Gasteiger partial charge in [0.15, 0.2) is 0 Å². The summed E-state index contributed by atoms with van der Waals surface area (Å²) >= 11 is 0. The number of nitriles is 1. The molecule has 1 nitrogen and oxygen atoms in total. The molecule has 7 rings (SSSR count). The molecule has 0 N–H and O–H groups in total.